The molecule has 0 aliphatic rings. The summed E-state index contributed by atoms with van der Waals surface area (Å²) in [4.78, 5) is 0. The molecule has 2 rings (SSSR count). The minimum absolute atomic E-state index is 0.124. The Kier molecular flexibility index (Phi) is 3.85. The van der Waals surface area contributed by atoms with Gasteiger partial charge in [-0.15, -0.1) is 0 Å². The van der Waals surface area contributed by atoms with Gasteiger partial charge in [0, 0.05) is 5.69 Å². The van der Waals surface area contributed by atoms with E-state index >= 15 is 0 Å². The van der Waals surface area contributed by atoms with Crippen molar-refractivity contribution in [2.75, 3.05) is 5.73 Å². The standard InChI is InChI=1S/C12H7Cl3FNO/c13-8-3-6(16)1-2-11(8)18-12-9(14)4-7(17)5-10(12)15/h1-5H,17H2. The Labute approximate surface area is 118 Å². The zero-order chi connectivity index (χ0) is 13.3. The first kappa shape index (κ1) is 13.3. The van der Waals surface area contributed by atoms with Crippen LogP contribution in [0.4, 0.5) is 10.1 Å². The van der Waals surface area contributed by atoms with Crippen molar-refractivity contribution in [1.82, 2.24) is 0 Å². The molecule has 94 valence electrons. The highest BCUT2D eigenvalue weighted by atomic mass is 35.5. The predicted molar refractivity (Wildman–Crippen MR) is 72.4 cm³/mol. The average Bonchev–Trinajstić information content (AvgIpc) is 2.25. The molecule has 18 heavy (non-hydrogen) atoms. The molecule has 0 amide bonds. The average molecular weight is 307 g/mol. The summed E-state index contributed by atoms with van der Waals surface area (Å²) in [6.07, 6.45) is 0. The molecule has 0 bridgehead atoms. The fourth-order valence-electron chi connectivity index (χ4n) is 1.34. The summed E-state index contributed by atoms with van der Waals surface area (Å²) in [5.74, 6) is 0.0227. The SMILES string of the molecule is Nc1cc(Cl)c(Oc2ccc(F)cc2Cl)c(Cl)c1. The van der Waals surface area contributed by atoms with Gasteiger partial charge in [-0.25, -0.2) is 4.39 Å². The maximum atomic E-state index is 12.9. The van der Waals surface area contributed by atoms with E-state index in [4.69, 9.17) is 45.3 Å². The van der Waals surface area contributed by atoms with E-state index in [2.05, 4.69) is 0 Å². The normalized spacial score (nSPS) is 10.4. The molecule has 0 unspecified atom stereocenters. The molecule has 0 aliphatic heterocycles. The molecule has 0 aliphatic carbocycles. The van der Waals surface area contributed by atoms with Gasteiger partial charge in [0.2, 0.25) is 0 Å². The van der Waals surface area contributed by atoms with Gasteiger partial charge in [-0.05, 0) is 30.3 Å². The summed E-state index contributed by atoms with van der Waals surface area (Å²) in [6, 6.07) is 6.75. The monoisotopic (exact) mass is 305 g/mol. The summed E-state index contributed by atoms with van der Waals surface area (Å²) in [5, 5.41) is 0.625. The third-order valence-corrected chi connectivity index (χ3v) is 2.98. The van der Waals surface area contributed by atoms with Crippen molar-refractivity contribution in [3.8, 4) is 11.5 Å². The highest BCUT2D eigenvalue weighted by molar-refractivity contribution is 6.37. The maximum Gasteiger partial charge on any atom is 0.164 e. The highest BCUT2D eigenvalue weighted by Crippen LogP contribution is 2.40. The van der Waals surface area contributed by atoms with E-state index in [1.54, 1.807) is 0 Å². The molecule has 0 fully saturated rings. The van der Waals surface area contributed by atoms with Crippen molar-refractivity contribution >= 4 is 40.5 Å². The van der Waals surface area contributed by atoms with Crippen LogP contribution < -0.4 is 10.5 Å². The van der Waals surface area contributed by atoms with Crippen LogP contribution in [0, 0.1) is 5.82 Å². The van der Waals surface area contributed by atoms with Crippen LogP contribution in [0.2, 0.25) is 15.1 Å². The summed E-state index contributed by atoms with van der Waals surface area (Å²) in [5.41, 5.74) is 5.99. The van der Waals surface area contributed by atoms with Gasteiger partial charge in [-0.2, -0.15) is 0 Å². The van der Waals surface area contributed by atoms with E-state index in [1.165, 1.54) is 24.3 Å². The van der Waals surface area contributed by atoms with Gasteiger partial charge >= 0.3 is 0 Å². The lowest BCUT2D eigenvalue weighted by Gasteiger charge is -2.11. The van der Waals surface area contributed by atoms with E-state index in [-0.39, 0.29) is 26.6 Å². The quantitative estimate of drug-likeness (QED) is 0.778. The number of ether oxygens (including phenoxy) is 1. The van der Waals surface area contributed by atoms with Gasteiger partial charge in [0.15, 0.2) is 5.75 Å². The first-order valence-corrected chi connectivity index (χ1v) is 5.98. The lowest BCUT2D eigenvalue weighted by molar-refractivity contribution is 0.481. The van der Waals surface area contributed by atoms with E-state index < -0.39 is 5.82 Å². The Morgan fingerprint density at radius 2 is 1.56 bits per heavy atom. The Morgan fingerprint density at radius 3 is 2.11 bits per heavy atom. The summed E-state index contributed by atoms with van der Waals surface area (Å²) in [7, 11) is 0. The highest BCUT2D eigenvalue weighted by Gasteiger charge is 2.12. The number of halogens is 4. The number of hydrogen-bond acceptors (Lipinski definition) is 2. The van der Waals surface area contributed by atoms with Crippen LogP contribution in [0.1, 0.15) is 0 Å². The first-order chi connectivity index (χ1) is 8.47. The van der Waals surface area contributed by atoms with Gasteiger partial charge in [0.25, 0.3) is 0 Å². The van der Waals surface area contributed by atoms with Crippen molar-refractivity contribution in [2.45, 2.75) is 0 Å². The van der Waals surface area contributed by atoms with Crippen LogP contribution in [-0.4, -0.2) is 0 Å². The van der Waals surface area contributed by atoms with E-state index in [1.807, 2.05) is 0 Å². The molecule has 0 radical (unpaired) electrons. The minimum Gasteiger partial charge on any atom is -0.453 e. The predicted octanol–water partition coefficient (Wildman–Crippen LogP) is 5.16. The maximum absolute atomic E-state index is 12.9. The van der Waals surface area contributed by atoms with E-state index in [0.29, 0.717) is 5.69 Å². The molecule has 6 heteroatoms. The second-order valence-electron chi connectivity index (χ2n) is 3.49. The van der Waals surface area contributed by atoms with Crippen LogP contribution in [0.5, 0.6) is 11.5 Å². The van der Waals surface area contributed by atoms with Gasteiger partial charge in [-0.1, -0.05) is 34.8 Å². The van der Waals surface area contributed by atoms with Crippen LogP contribution in [0.15, 0.2) is 30.3 Å². The molecule has 0 atom stereocenters. The fourth-order valence-corrected chi connectivity index (χ4v) is 2.13. The first-order valence-electron chi connectivity index (χ1n) is 4.85. The lowest BCUT2D eigenvalue weighted by atomic mass is 10.3. The summed E-state index contributed by atoms with van der Waals surface area (Å²) >= 11 is 17.8. The number of nitrogens with two attached hydrogens (primary N) is 1. The number of rotatable bonds is 2. The molecular weight excluding hydrogens is 299 g/mol. The second-order valence-corrected chi connectivity index (χ2v) is 4.71. The summed E-state index contributed by atoms with van der Waals surface area (Å²) < 4.78 is 18.4. The van der Waals surface area contributed by atoms with Gasteiger partial charge in [-0.3, -0.25) is 0 Å². The molecule has 0 saturated carbocycles. The van der Waals surface area contributed by atoms with Crippen molar-refractivity contribution in [2.24, 2.45) is 0 Å². The van der Waals surface area contributed by atoms with Crippen LogP contribution in [-0.2, 0) is 0 Å². The molecule has 0 saturated heterocycles. The van der Waals surface area contributed by atoms with Crippen molar-refractivity contribution in [3.05, 3.63) is 51.2 Å². The van der Waals surface area contributed by atoms with Crippen molar-refractivity contribution in [1.29, 1.82) is 0 Å². The molecule has 2 aromatic rings. The van der Waals surface area contributed by atoms with Gasteiger partial charge < -0.3 is 10.5 Å². The zero-order valence-corrected chi connectivity index (χ0v) is 11.2. The second kappa shape index (κ2) is 5.22. The lowest BCUT2D eigenvalue weighted by Crippen LogP contribution is -1.91. The van der Waals surface area contributed by atoms with Crippen molar-refractivity contribution < 1.29 is 9.13 Å². The van der Waals surface area contributed by atoms with Crippen LogP contribution in [0.25, 0.3) is 0 Å². The zero-order valence-electron chi connectivity index (χ0n) is 8.88. The molecule has 2 N–H and O–H groups in total. The number of hydrogen-bond donors (Lipinski definition) is 1. The minimum atomic E-state index is -0.457. The Bertz CT molecular complexity index is 581. The molecule has 0 spiro atoms. The van der Waals surface area contributed by atoms with Crippen LogP contribution >= 0.6 is 34.8 Å². The molecule has 0 heterocycles. The van der Waals surface area contributed by atoms with E-state index in [0.717, 1.165) is 6.07 Å². The van der Waals surface area contributed by atoms with Gasteiger partial charge in [0.1, 0.15) is 11.6 Å². The summed E-state index contributed by atoms with van der Waals surface area (Å²) in [6.45, 7) is 0. The molecule has 2 nitrogen and oxygen atoms in total. The Morgan fingerprint density at radius 1 is 0.944 bits per heavy atom. The smallest absolute Gasteiger partial charge is 0.164 e. The number of nitrogen functional groups attached to an aromatic ring is 1. The largest absolute Gasteiger partial charge is 0.453 e. The van der Waals surface area contributed by atoms with E-state index in [9.17, 15) is 4.39 Å². The third kappa shape index (κ3) is 2.80. The number of anilines is 1. The van der Waals surface area contributed by atoms with Crippen molar-refractivity contribution in [3.63, 3.8) is 0 Å². The topological polar surface area (TPSA) is 35.2 Å². The molecule has 2 aromatic carbocycles. The fraction of sp³-hybridized carbons (Fsp3) is 0. The molecular formula is C12H7Cl3FNO. The molecule has 0 aromatic heterocycles. The Hall–Kier alpha value is -1.16. The van der Waals surface area contributed by atoms with Crippen LogP contribution in [0.3, 0.4) is 0 Å². The third-order valence-electron chi connectivity index (χ3n) is 2.13. The number of benzene rings is 2. The van der Waals surface area contributed by atoms with Gasteiger partial charge in [0.05, 0.1) is 15.1 Å². The Balaban J connectivity index is 2.40.